The van der Waals surface area contributed by atoms with Crippen LogP contribution in [0.1, 0.15) is 13.3 Å². The van der Waals surface area contributed by atoms with E-state index in [1.54, 1.807) is 0 Å². The second-order valence-electron chi connectivity index (χ2n) is 4.98. The maximum Gasteiger partial charge on any atom is 0.262 e. The third-order valence-electron chi connectivity index (χ3n) is 3.07. The maximum atomic E-state index is 13.0. The molecule has 1 aromatic rings. The van der Waals surface area contributed by atoms with Gasteiger partial charge < -0.3 is 10.1 Å². The molecule has 0 bridgehead atoms. The van der Waals surface area contributed by atoms with Gasteiger partial charge in [-0.2, -0.15) is 0 Å². The second-order valence-corrected chi connectivity index (χ2v) is 4.98. The van der Waals surface area contributed by atoms with Crippen molar-refractivity contribution in [3.63, 3.8) is 0 Å². The Labute approximate surface area is 116 Å². The number of carbonyl (C=O) groups excluding carboxylic acids is 1. The Bertz CT molecular complexity index is 454. The Balaban J connectivity index is 1.73. The summed E-state index contributed by atoms with van der Waals surface area (Å²) in [5, 5.41) is 5.14. The van der Waals surface area contributed by atoms with Gasteiger partial charge in [0.1, 0.15) is 11.9 Å². The molecule has 1 amide bonds. The lowest BCUT2D eigenvalue weighted by Crippen LogP contribution is -2.43. The van der Waals surface area contributed by atoms with Crippen LogP contribution in [0.15, 0.2) is 30.3 Å². The molecule has 0 spiro atoms. The number of hydrogen-bond donors (Lipinski definition) is 2. The number of carbonyl (C=O) groups is 1. The van der Waals surface area contributed by atoms with Crippen LogP contribution in [0.25, 0.3) is 0 Å². The largest absolute Gasteiger partial charge is 0.489 e. The molecule has 1 aromatic carbocycles. The number of benzene rings is 1. The van der Waals surface area contributed by atoms with Crippen LogP contribution < -0.4 is 15.4 Å². The van der Waals surface area contributed by atoms with Crippen LogP contribution in [-0.4, -0.2) is 37.1 Å². The average Bonchev–Trinajstić information content (AvgIpc) is 2.78. The Morgan fingerprint density at radius 1 is 1.50 bits per heavy atom. The molecule has 0 saturated carbocycles. The van der Waals surface area contributed by atoms with Gasteiger partial charge in [0.15, 0.2) is 0 Å². The SMILES string of the molecule is CC(CNC(=O)C1CC(F)(F)CN1)Oc1ccccc1. The minimum absolute atomic E-state index is 0.233. The predicted molar refractivity (Wildman–Crippen MR) is 70.9 cm³/mol. The van der Waals surface area contributed by atoms with Crippen molar-refractivity contribution in [3.05, 3.63) is 30.3 Å². The van der Waals surface area contributed by atoms with E-state index in [0.717, 1.165) is 0 Å². The maximum absolute atomic E-state index is 13.0. The Morgan fingerprint density at radius 3 is 2.80 bits per heavy atom. The molecule has 1 heterocycles. The van der Waals surface area contributed by atoms with Crippen LogP contribution >= 0.6 is 0 Å². The molecule has 4 nitrogen and oxygen atoms in total. The first-order valence-corrected chi connectivity index (χ1v) is 6.57. The second kappa shape index (κ2) is 6.17. The summed E-state index contributed by atoms with van der Waals surface area (Å²) < 4.78 is 31.5. The summed E-state index contributed by atoms with van der Waals surface area (Å²) >= 11 is 0. The van der Waals surface area contributed by atoms with Crippen LogP contribution in [0.2, 0.25) is 0 Å². The third kappa shape index (κ3) is 4.16. The molecule has 0 aliphatic carbocycles. The minimum atomic E-state index is -2.80. The van der Waals surface area contributed by atoms with Crippen molar-refractivity contribution in [1.29, 1.82) is 0 Å². The van der Waals surface area contributed by atoms with E-state index in [-0.39, 0.29) is 12.6 Å². The van der Waals surface area contributed by atoms with Gasteiger partial charge in [-0.15, -0.1) is 0 Å². The fourth-order valence-corrected chi connectivity index (χ4v) is 2.04. The number of hydrogen-bond acceptors (Lipinski definition) is 3. The predicted octanol–water partition coefficient (Wildman–Crippen LogP) is 1.57. The van der Waals surface area contributed by atoms with Crippen molar-refractivity contribution < 1.29 is 18.3 Å². The quantitative estimate of drug-likeness (QED) is 0.863. The zero-order valence-corrected chi connectivity index (χ0v) is 11.2. The standard InChI is InChI=1S/C14H18F2N2O2/c1-10(20-11-5-3-2-4-6-11)8-17-13(19)12-7-14(15,16)9-18-12/h2-6,10,12,18H,7-9H2,1H3,(H,17,19). The fraction of sp³-hybridized carbons (Fsp3) is 0.500. The van der Waals surface area contributed by atoms with E-state index in [4.69, 9.17) is 4.74 Å². The third-order valence-corrected chi connectivity index (χ3v) is 3.07. The smallest absolute Gasteiger partial charge is 0.262 e. The van der Waals surface area contributed by atoms with Crippen molar-refractivity contribution in [2.24, 2.45) is 0 Å². The number of para-hydroxylation sites is 1. The van der Waals surface area contributed by atoms with E-state index in [0.29, 0.717) is 5.75 Å². The van der Waals surface area contributed by atoms with Gasteiger partial charge in [-0.1, -0.05) is 18.2 Å². The lowest BCUT2D eigenvalue weighted by Gasteiger charge is -2.17. The summed E-state index contributed by atoms with van der Waals surface area (Å²) in [6, 6.07) is 8.39. The first kappa shape index (κ1) is 14.7. The molecule has 2 N–H and O–H groups in total. The minimum Gasteiger partial charge on any atom is -0.489 e. The number of nitrogens with one attached hydrogen (secondary N) is 2. The van der Waals surface area contributed by atoms with E-state index >= 15 is 0 Å². The molecule has 1 saturated heterocycles. The zero-order valence-electron chi connectivity index (χ0n) is 11.2. The normalized spacial score (nSPS) is 22.2. The van der Waals surface area contributed by atoms with E-state index in [1.807, 2.05) is 37.3 Å². The van der Waals surface area contributed by atoms with Gasteiger partial charge in [-0.25, -0.2) is 8.78 Å². The van der Waals surface area contributed by atoms with Crippen molar-refractivity contribution in [1.82, 2.24) is 10.6 Å². The fourth-order valence-electron chi connectivity index (χ4n) is 2.04. The average molecular weight is 284 g/mol. The highest BCUT2D eigenvalue weighted by Gasteiger charge is 2.42. The molecule has 6 heteroatoms. The number of alkyl halides is 2. The summed E-state index contributed by atoms with van der Waals surface area (Å²) in [6.07, 6.45) is -0.685. The van der Waals surface area contributed by atoms with Gasteiger partial charge in [-0.05, 0) is 19.1 Å². The van der Waals surface area contributed by atoms with Crippen LogP contribution in [0, 0.1) is 0 Å². The van der Waals surface area contributed by atoms with Crippen LogP contribution in [0.3, 0.4) is 0 Å². The van der Waals surface area contributed by atoms with Crippen LogP contribution in [0.4, 0.5) is 8.78 Å². The number of halogens is 2. The van der Waals surface area contributed by atoms with Gasteiger partial charge >= 0.3 is 0 Å². The molecule has 1 aliphatic rings. The van der Waals surface area contributed by atoms with Gasteiger partial charge in [0.05, 0.1) is 19.1 Å². The molecular weight excluding hydrogens is 266 g/mol. The molecule has 2 rings (SSSR count). The monoisotopic (exact) mass is 284 g/mol. The van der Waals surface area contributed by atoms with Crippen molar-refractivity contribution >= 4 is 5.91 Å². The topological polar surface area (TPSA) is 50.4 Å². The molecule has 2 unspecified atom stereocenters. The first-order valence-electron chi connectivity index (χ1n) is 6.57. The first-order chi connectivity index (χ1) is 9.46. The molecule has 1 fully saturated rings. The van der Waals surface area contributed by atoms with Gasteiger partial charge in [0, 0.05) is 6.42 Å². The van der Waals surface area contributed by atoms with Crippen LogP contribution in [0.5, 0.6) is 5.75 Å². The highest BCUT2D eigenvalue weighted by molar-refractivity contribution is 5.82. The number of amides is 1. The van der Waals surface area contributed by atoms with E-state index in [2.05, 4.69) is 10.6 Å². The van der Waals surface area contributed by atoms with Crippen molar-refractivity contribution in [2.75, 3.05) is 13.1 Å². The van der Waals surface area contributed by atoms with Crippen molar-refractivity contribution in [3.8, 4) is 5.75 Å². The van der Waals surface area contributed by atoms with E-state index < -0.39 is 30.8 Å². The molecule has 0 aromatic heterocycles. The summed E-state index contributed by atoms with van der Waals surface area (Å²) in [7, 11) is 0. The van der Waals surface area contributed by atoms with Crippen molar-refractivity contribution in [2.45, 2.75) is 31.4 Å². The molecular formula is C14H18F2N2O2. The van der Waals surface area contributed by atoms with Gasteiger partial charge in [0.2, 0.25) is 5.91 Å². The van der Waals surface area contributed by atoms with Crippen LogP contribution in [-0.2, 0) is 4.79 Å². The van der Waals surface area contributed by atoms with Gasteiger partial charge in [0.25, 0.3) is 5.92 Å². The molecule has 20 heavy (non-hydrogen) atoms. The Kier molecular flexibility index (Phi) is 4.54. The summed E-state index contributed by atoms with van der Waals surface area (Å²) in [6.45, 7) is 1.64. The zero-order chi connectivity index (χ0) is 14.6. The summed E-state index contributed by atoms with van der Waals surface area (Å²) in [4.78, 5) is 11.7. The van der Waals surface area contributed by atoms with E-state index in [9.17, 15) is 13.6 Å². The highest BCUT2D eigenvalue weighted by Crippen LogP contribution is 2.25. The van der Waals surface area contributed by atoms with Gasteiger partial charge in [-0.3, -0.25) is 10.1 Å². The molecule has 1 aliphatic heterocycles. The summed E-state index contributed by atoms with van der Waals surface area (Å²) in [5.74, 6) is -2.50. The highest BCUT2D eigenvalue weighted by atomic mass is 19.3. The Hall–Kier alpha value is -1.69. The molecule has 0 radical (unpaired) electrons. The summed E-state index contributed by atoms with van der Waals surface area (Å²) in [5.41, 5.74) is 0. The lowest BCUT2D eigenvalue weighted by molar-refractivity contribution is -0.123. The molecule has 2 atom stereocenters. The Morgan fingerprint density at radius 2 is 2.20 bits per heavy atom. The number of ether oxygens (including phenoxy) is 1. The molecule has 110 valence electrons. The number of rotatable bonds is 5. The lowest BCUT2D eigenvalue weighted by atomic mass is 10.2. The van der Waals surface area contributed by atoms with E-state index in [1.165, 1.54) is 0 Å².